The van der Waals surface area contributed by atoms with Crippen molar-refractivity contribution in [2.45, 2.75) is 0 Å². The molecule has 0 aromatic heterocycles. The summed E-state index contributed by atoms with van der Waals surface area (Å²) in [5.74, 6) is -1.16. The van der Waals surface area contributed by atoms with E-state index in [9.17, 15) is 9.18 Å². The largest absolute Gasteiger partial charge is 0.423 e. The highest BCUT2D eigenvalue weighted by Gasteiger charge is 2.03. The molecule has 0 amide bonds. The second kappa shape index (κ2) is 4.05. The van der Waals surface area contributed by atoms with Gasteiger partial charge in [0.1, 0.15) is 11.6 Å². The van der Waals surface area contributed by atoms with Crippen LogP contribution < -0.4 is 4.74 Å². The molecule has 1 rings (SSSR count). The van der Waals surface area contributed by atoms with Crippen molar-refractivity contribution in [3.8, 4) is 5.75 Å². The fourth-order valence-electron chi connectivity index (χ4n) is 0.698. The Bertz CT molecular complexity index is 349. The van der Waals surface area contributed by atoms with Crippen LogP contribution in [0.15, 0.2) is 30.9 Å². The molecule has 0 N–H and O–H groups in total. The zero-order valence-electron chi connectivity index (χ0n) is 6.59. The maximum absolute atomic E-state index is 12.8. The Labute approximate surface area is 79.6 Å². The van der Waals surface area contributed by atoms with Crippen LogP contribution in [0.2, 0.25) is 5.02 Å². The van der Waals surface area contributed by atoms with Gasteiger partial charge in [-0.05, 0) is 12.1 Å². The number of carbonyl (C=O) groups excluding carboxylic acids is 1. The molecule has 0 aliphatic carbocycles. The number of rotatable bonds is 2. The number of ether oxygens (including phenoxy) is 1. The van der Waals surface area contributed by atoms with Gasteiger partial charge in [0.05, 0.1) is 5.02 Å². The highest BCUT2D eigenvalue weighted by molar-refractivity contribution is 6.30. The number of esters is 1. The fourth-order valence-corrected chi connectivity index (χ4v) is 0.816. The predicted octanol–water partition coefficient (Wildman–Crippen LogP) is 2.57. The van der Waals surface area contributed by atoms with E-state index in [1.54, 1.807) is 0 Å². The molecule has 68 valence electrons. The van der Waals surface area contributed by atoms with E-state index in [2.05, 4.69) is 11.3 Å². The molecule has 0 radical (unpaired) electrons. The molecule has 0 atom stereocenters. The number of carbonyl (C=O) groups is 1. The van der Waals surface area contributed by atoms with Crippen LogP contribution in [0.5, 0.6) is 5.75 Å². The summed E-state index contributed by atoms with van der Waals surface area (Å²) in [6.45, 7) is 3.20. The predicted molar refractivity (Wildman–Crippen MR) is 47.2 cm³/mol. The standard InChI is InChI=1S/C9H6ClFO2/c1-2-9(12)13-6-3-4-7(10)8(11)5-6/h2-5H,1H2. The Morgan fingerprint density at radius 2 is 2.31 bits per heavy atom. The van der Waals surface area contributed by atoms with Crippen LogP contribution in [0.4, 0.5) is 4.39 Å². The third-order valence-corrected chi connectivity index (χ3v) is 1.58. The molecular weight excluding hydrogens is 195 g/mol. The van der Waals surface area contributed by atoms with E-state index in [1.807, 2.05) is 0 Å². The van der Waals surface area contributed by atoms with Gasteiger partial charge in [0, 0.05) is 12.1 Å². The van der Waals surface area contributed by atoms with Crippen LogP contribution in [-0.4, -0.2) is 5.97 Å². The zero-order chi connectivity index (χ0) is 9.84. The maximum Gasteiger partial charge on any atom is 0.335 e. The Hall–Kier alpha value is -1.35. The van der Waals surface area contributed by atoms with Crippen LogP contribution >= 0.6 is 11.6 Å². The molecule has 13 heavy (non-hydrogen) atoms. The van der Waals surface area contributed by atoms with Crippen molar-refractivity contribution < 1.29 is 13.9 Å². The summed E-state index contributed by atoms with van der Waals surface area (Å²) in [6, 6.07) is 3.74. The van der Waals surface area contributed by atoms with E-state index in [4.69, 9.17) is 11.6 Å². The molecule has 4 heteroatoms. The molecule has 0 fully saturated rings. The van der Waals surface area contributed by atoms with Gasteiger partial charge in [-0.2, -0.15) is 0 Å². The van der Waals surface area contributed by atoms with Crippen LogP contribution in [0, 0.1) is 5.82 Å². The van der Waals surface area contributed by atoms with E-state index in [-0.39, 0.29) is 10.8 Å². The summed E-state index contributed by atoms with van der Waals surface area (Å²) < 4.78 is 17.4. The summed E-state index contributed by atoms with van der Waals surface area (Å²) in [7, 11) is 0. The van der Waals surface area contributed by atoms with Gasteiger partial charge >= 0.3 is 5.97 Å². The van der Waals surface area contributed by atoms with E-state index in [1.165, 1.54) is 12.1 Å². The van der Waals surface area contributed by atoms with Gasteiger partial charge in [-0.15, -0.1) is 0 Å². The third kappa shape index (κ3) is 2.56. The normalized spacial score (nSPS) is 9.38. The Morgan fingerprint density at radius 3 is 2.85 bits per heavy atom. The van der Waals surface area contributed by atoms with Crippen LogP contribution in [0.25, 0.3) is 0 Å². The first-order chi connectivity index (χ1) is 6.13. The third-order valence-electron chi connectivity index (χ3n) is 1.28. The first-order valence-corrected chi connectivity index (χ1v) is 3.80. The molecule has 0 unspecified atom stereocenters. The van der Waals surface area contributed by atoms with E-state index in [0.29, 0.717) is 0 Å². The number of halogens is 2. The lowest BCUT2D eigenvalue weighted by Gasteiger charge is -2.01. The highest BCUT2D eigenvalue weighted by Crippen LogP contribution is 2.20. The second-order valence-corrected chi connectivity index (χ2v) is 2.61. The Morgan fingerprint density at radius 1 is 1.62 bits per heavy atom. The molecule has 1 aromatic carbocycles. The van der Waals surface area contributed by atoms with Gasteiger partial charge in [-0.3, -0.25) is 0 Å². The van der Waals surface area contributed by atoms with Crippen molar-refractivity contribution in [2.75, 3.05) is 0 Å². The van der Waals surface area contributed by atoms with Crippen molar-refractivity contribution in [3.63, 3.8) is 0 Å². The van der Waals surface area contributed by atoms with Crippen LogP contribution in [0.3, 0.4) is 0 Å². The van der Waals surface area contributed by atoms with Crippen LogP contribution in [0.1, 0.15) is 0 Å². The summed E-state index contributed by atoms with van der Waals surface area (Å²) in [4.78, 5) is 10.7. The summed E-state index contributed by atoms with van der Waals surface area (Å²) >= 11 is 5.42. The monoisotopic (exact) mass is 200 g/mol. The Kier molecular flexibility index (Phi) is 3.03. The molecule has 0 spiro atoms. The molecule has 0 heterocycles. The minimum Gasteiger partial charge on any atom is -0.423 e. The molecule has 2 nitrogen and oxygen atoms in total. The first kappa shape index (κ1) is 9.74. The smallest absolute Gasteiger partial charge is 0.335 e. The summed E-state index contributed by atoms with van der Waals surface area (Å²) in [5, 5.41) is -0.0154. The molecular formula is C9H6ClFO2. The number of hydrogen-bond acceptors (Lipinski definition) is 2. The van der Waals surface area contributed by atoms with Crippen molar-refractivity contribution in [2.24, 2.45) is 0 Å². The van der Waals surface area contributed by atoms with Gasteiger partial charge < -0.3 is 4.74 Å². The maximum atomic E-state index is 12.8. The topological polar surface area (TPSA) is 26.3 Å². The van der Waals surface area contributed by atoms with E-state index < -0.39 is 11.8 Å². The zero-order valence-corrected chi connectivity index (χ0v) is 7.34. The van der Waals surface area contributed by atoms with Gasteiger partial charge in [0.2, 0.25) is 0 Å². The minimum atomic E-state index is -0.637. The number of benzene rings is 1. The van der Waals surface area contributed by atoms with Crippen molar-refractivity contribution in [3.05, 3.63) is 41.7 Å². The Balaban J connectivity index is 2.85. The molecule has 0 aliphatic rings. The van der Waals surface area contributed by atoms with E-state index >= 15 is 0 Å². The summed E-state index contributed by atoms with van der Waals surface area (Å²) in [5.41, 5.74) is 0. The van der Waals surface area contributed by atoms with Crippen molar-refractivity contribution in [1.29, 1.82) is 0 Å². The lowest BCUT2D eigenvalue weighted by atomic mass is 10.3. The second-order valence-electron chi connectivity index (χ2n) is 2.20. The molecule has 0 bridgehead atoms. The van der Waals surface area contributed by atoms with Gasteiger partial charge in [-0.25, -0.2) is 9.18 Å². The quantitative estimate of drug-likeness (QED) is 0.417. The fraction of sp³-hybridized carbons (Fsp3) is 0. The molecule has 0 aliphatic heterocycles. The highest BCUT2D eigenvalue weighted by atomic mass is 35.5. The molecule has 0 saturated carbocycles. The lowest BCUT2D eigenvalue weighted by Crippen LogP contribution is -2.03. The van der Waals surface area contributed by atoms with Crippen molar-refractivity contribution >= 4 is 17.6 Å². The summed E-state index contributed by atoms with van der Waals surface area (Å²) in [6.07, 6.45) is 0.993. The van der Waals surface area contributed by atoms with E-state index in [0.717, 1.165) is 12.1 Å². The van der Waals surface area contributed by atoms with Gasteiger partial charge in [-0.1, -0.05) is 18.2 Å². The van der Waals surface area contributed by atoms with Gasteiger partial charge in [0.25, 0.3) is 0 Å². The lowest BCUT2D eigenvalue weighted by molar-refractivity contribution is -0.128. The average molecular weight is 201 g/mol. The molecule has 1 aromatic rings. The van der Waals surface area contributed by atoms with Gasteiger partial charge in [0.15, 0.2) is 0 Å². The first-order valence-electron chi connectivity index (χ1n) is 3.43. The minimum absolute atomic E-state index is 0.0154. The molecule has 0 saturated heterocycles. The SMILES string of the molecule is C=CC(=O)Oc1ccc(Cl)c(F)c1. The number of hydrogen-bond donors (Lipinski definition) is 0. The average Bonchev–Trinajstić information content (AvgIpc) is 2.11. The van der Waals surface area contributed by atoms with Crippen molar-refractivity contribution in [1.82, 2.24) is 0 Å². The van der Waals surface area contributed by atoms with Crippen LogP contribution in [-0.2, 0) is 4.79 Å².